The smallest absolute Gasteiger partial charge is 0.176 e. The van der Waals surface area contributed by atoms with Crippen LogP contribution in [0.5, 0.6) is 0 Å². The van der Waals surface area contributed by atoms with Crippen molar-refractivity contribution >= 4 is 22.9 Å². The second-order valence-corrected chi connectivity index (χ2v) is 3.32. The van der Waals surface area contributed by atoms with Crippen molar-refractivity contribution in [2.45, 2.75) is 20.0 Å². The maximum absolute atomic E-state index is 7.65. The van der Waals surface area contributed by atoms with Crippen molar-refractivity contribution in [2.75, 3.05) is 5.73 Å². The Morgan fingerprint density at radius 3 is 2.71 bits per heavy atom. The fraction of sp³-hybridized carbons (Fsp3) is 0.375. The third-order valence-electron chi connectivity index (χ3n) is 2.33. The third kappa shape index (κ3) is 0.973. The van der Waals surface area contributed by atoms with Gasteiger partial charge in [-0.25, -0.2) is 9.67 Å². The summed E-state index contributed by atoms with van der Waals surface area (Å²) in [4.78, 5) is 4.19. The van der Waals surface area contributed by atoms with Crippen molar-refractivity contribution in [3.63, 3.8) is 0 Å². The second kappa shape index (κ2) is 2.65. The summed E-state index contributed by atoms with van der Waals surface area (Å²) in [5.74, 6) is 0.559. The minimum absolute atomic E-state index is 0.278. The largest absolute Gasteiger partial charge is 0.394 e. The standard InChI is InChI=1S/C8H12N6/c1-3-5(9)7(11)14-8(12-3)6(10)4(2)13-14/h7,9H,10-11H2,1-2H3. The second-order valence-electron chi connectivity index (χ2n) is 3.32. The number of rotatable bonds is 0. The molecule has 0 saturated heterocycles. The number of hydrogen-bond acceptors (Lipinski definition) is 5. The first kappa shape index (κ1) is 8.89. The summed E-state index contributed by atoms with van der Waals surface area (Å²) < 4.78 is 1.49. The van der Waals surface area contributed by atoms with Gasteiger partial charge in [0.15, 0.2) is 5.82 Å². The van der Waals surface area contributed by atoms with Crippen LogP contribution in [0, 0.1) is 12.3 Å². The van der Waals surface area contributed by atoms with Crippen LogP contribution in [0.1, 0.15) is 18.8 Å². The lowest BCUT2D eigenvalue weighted by Gasteiger charge is -2.19. The SMILES string of the molecule is CC1=Nc2c(N)c(C)nn2C(N)C1=N. The third-order valence-corrected chi connectivity index (χ3v) is 2.33. The highest BCUT2D eigenvalue weighted by molar-refractivity contribution is 6.42. The average Bonchev–Trinajstić information content (AvgIpc) is 2.42. The van der Waals surface area contributed by atoms with Crippen LogP contribution < -0.4 is 11.5 Å². The number of aromatic nitrogens is 2. The molecular formula is C8H12N6. The van der Waals surface area contributed by atoms with E-state index in [0.29, 0.717) is 22.9 Å². The Kier molecular flexibility index (Phi) is 1.68. The molecule has 2 heterocycles. The van der Waals surface area contributed by atoms with Gasteiger partial charge >= 0.3 is 0 Å². The number of nitrogens with one attached hydrogen (secondary N) is 1. The van der Waals surface area contributed by atoms with E-state index in [1.54, 1.807) is 13.8 Å². The van der Waals surface area contributed by atoms with E-state index >= 15 is 0 Å². The maximum Gasteiger partial charge on any atom is 0.176 e. The molecule has 14 heavy (non-hydrogen) atoms. The lowest BCUT2D eigenvalue weighted by atomic mass is 10.2. The Hall–Kier alpha value is -1.69. The highest BCUT2D eigenvalue weighted by atomic mass is 15.4. The van der Waals surface area contributed by atoms with Gasteiger partial charge in [-0.2, -0.15) is 5.10 Å². The molecule has 1 aliphatic heterocycles. The summed E-state index contributed by atoms with van der Waals surface area (Å²) in [6, 6.07) is 0. The van der Waals surface area contributed by atoms with Gasteiger partial charge in [-0.3, -0.25) is 5.41 Å². The number of aryl methyl sites for hydroxylation is 1. The van der Waals surface area contributed by atoms with E-state index in [2.05, 4.69) is 10.1 Å². The first-order chi connectivity index (χ1) is 6.52. The van der Waals surface area contributed by atoms with E-state index in [0.717, 1.165) is 0 Å². The Labute approximate surface area is 81.1 Å². The average molecular weight is 192 g/mol. The molecule has 1 atom stereocenters. The van der Waals surface area contributed by atoms with Crippen molar-refractivity contribution in [3.05, 3.63) is 5.69 Å². The Bertz CT molecular complexity index is 441. The van der Waals surface area contributed by atoms with Gasteiger partial charge in [-0.05, 0) is 13.8 Å². The van der Waals surface area contributed by atoms with Gasteiger partial charge < -0.3 is 11.5 Å². The maximum atomic E-state index is 7.65. The monoisotopic (exact) mass is 192 g/mol. The van der Waals surface area contributed by atoms with Crippen molar-refractivity contribution in [2.24, 2.45) is 10.7 Å². The van der Waals surface area contributed by atoms with Gasteiger partial charge in [0.05, 0.1) is 22.8 Å². The summed E-state index contributed by atoms with van der Waals surface area (Å²) in [5.41, 5.74) is 13.7. The molecule has 1 aliphatic rings. The van der Waals surface area contributed by atoms with Crippen LogP contribution in [0.15, 0.2) is 4.99 Å². The van der Waals surface area contributed by atoms with Crippen molar-refractivity contribution < 1.29 is 0 Å². The van der Waals surface area contributed by atoms with Gasteiger partial charge in [-0.15, -0.1) is 0 Å². The van der Waals surface area contributed by atoms with Crippen LogP contribution in [-0.4, -0.2) is 21.2 Å². The molecule has 1 aromatic heterocycles. The van der Waals surface area contributed by atoms with Crippen LogP contribution in [-0.2, 0) is 0 Å². The fourth-order valence-electron chi connectivity index (χ4n) is 1.41. The first-order valence-corrected chi connectivity index (χ1v) is 4.26. The zero-order valence-corrected chi connectivity index (χ0v) is 8.07. The lowest BCUT2D eigenvalue weighted by Crippen LogP contribution is -2.34. The molecule has 0 fully saturated rings. The fourth-order valence-corrected chi connectivity index (χ4v) is 1.41. The van der Waals surface area contributed by atoms with Crippen LogP contribution in [0.25, 0.3) is 0 Å². The van der Waals surface area contributed by atoms with Gasteiger partial charge in [0.2, 0.25) is 0 Å². The van der Waals surface area contributed by atoms with Crippen LogP contribution in [0.4, 0.5) is 11.5 Å². The Balaban J connectivity index is 2.69. The number of fused-ring (bicyclic) bond motifs is 1. The summed E-state index contributed by atoms with van der Waals surface area (Å²) >= 11 is 0. The molecule has 0 aliphatic carbocycles. The van der Waals surface area contributed by atoms with Crippen molar-refractivity contribution in [3.8, 4) is 0 Å². The molecule has 0 bridgehead atoms. The minimum Gasteiger partial charge on any atom is -0.394 e. The number of hydrogen-bond donors (Lipinski definition) is 3. The van der Waals surface area contributed by atoms with Gasteiger partial charge in [0, 0.05) is 0 Å². The molecule has 6 nitrogen and oxygen atoms in total. The summed E-state index contributed by atoms with van der Waals surface area (Å²) in [6.45, 7) is 3.54. The molecule has 5 N–H and O–H groups in total. The first-order valence-electron chi connectivity index (χ1n) is 4.26. The van der Waals surface area contributed by atoms with Crippen molar-refractivity contribution in [1.82, 2.24) is 9.78 Å². The topological polar surface area (TPSA) is 106 Å². The molecule has 0 saturated carbocycles. The lowest BCUT2D eigenvalue weighted by molar-refractivity contribution is 0.582. The number of anilines is 1. The zero-order valence-electron chi connectivity index (χ0n) is 8.07. The predicted octanol–water partition coefficient (Wildman–Crippen LogP) is 0.357. The van der Waals surface area contributed by atoms with E-state index in [9.17, 15) is 0 Å². The van der Waals surface area contributed by atoms with Crippen molar-refractivity contribution in [1.29, 1.82) is 5.41 Å². The van der Waals surface area contributed by atoms with E-state index < -0.39 is 6.17 Å². The van der Waals surface area contributed by atoms with Gasteiger partial charge in [0.1, 0.15) is 6.17 Å². The Morgan fingerprint density at radius 1 is 1.43 bits per heavy atom. The quantitative estimate of drug-likeness (QED) is 0.552. The molecule has 0 radical (unpaired) electrons. The van der Waals surface area contributed by atoms with E-state index in [4.69, 9.17) is 16.9 Å². The molecule has 6 heteroatoms. The molecule has 0 aromatic carbocycles. The minimum atomic E-state index is -0.571. The molecule has 0 spiro atoms. The summed E-state index contributed by atoms with van der Waals surface area (Å²) in [5, 5.41) is 11.8. The molecule has 0 amide bonds. The molecule has 2 rings (SSSR count). The van der Waals surface area contributed by atoms with E-state index in [1.165, 1.54) is 4.68 Å². The summed E-state index contributed by atoms with van der Waals surface area (Å²) in [6.07, 6.45) is -0.571. The highest BCUT2D eigenvalue weighted by Gasteiger charge is 2.26. The molecule has 1 aromatic rings. The summed E-state index contributed by atoms with van der Waals surface area (Å²) in [7, 11) is 0. The molecule has 74 valence electrons. The Morgan fingerprint density at radius 2 is 2.07 bits per heavy atom. The number of nitrogens with zero attached hydrogens (tertiary/aromatic N) is 3. The number of aliphatic imine (C=N–C) groups is 1. The number of nitrogen functional groups attached to an aromatic ring is 1. The van der Waals surface area contributed by atoms with Crippen LogP contribution in [0.3, 0.4) is 0 Å². The van der Waals surface area contributed by atoms with Crippen LogP contribution >= 0.6 is 0 Å². The van der Waals surface area contributed by atoms with E-state index in [1.807, 2.05) is 0 Å². The number of nitrogens with two attached hydrogens (primary N) is 2. The normalized spacial score (nSPS) is 20.6. The predicted molar refractivity (Wildman–Crippen MR) is 55.1 cm³/mol. The van der Waals surface area contributed by atoms with E-state index in [-0.39, 0.29) is 5.71 Å². The molecular weight excluding hydrogens is 180 g/mol. The van der Waals surface area contributed by atoms with Gasteiger partial charge in [-0.1, -0.05) is 0 Å². The van der Waals surface area contributed by atoms with Crippen LogP contribution in [0.2, 0.25) is 0 Å². The molecule has 1 unspecified atom stereocenters. The van der Waals surface area contributed by atoms with Gasteiger partial charge in [0.25, 0.3) is 0 Å². The highest BCUT2D eigenvalue weighted by Crippen LogP contribution is 2.30. The zero-order chi connectivity index (χ0) is 10.5.